The van der Waals surface area contributed by atoms with Gasteiger partial charge in [0, 0.05) is 97.0 Å². The molecule has 0 amide bonds. The van der Waals surface area contributed by atoms with Crippen molar-refractivity contribution in [2.75, 3.05) is 0 Å². The second kappa shape index (κ2) is 31.6. The Morgan fingerprint density at radius 3 is 1.13 bits per heavy atom. The second-order valence-electron chi connectivity index (χ2n) is 30.1. The number of nitriles is 2. The average Bonchev–Trinajstić information content (AvgIpc) is 1.61. The minimum Gasteiger partial charge on any atom is -0.456 e. The van der Waals surface area contributed by atoms with Gasteiger partial charge in [0.05, 0.1) is 46.5 Å². The number of hydrogen-bond donors (Lipinski definition) is 0. The maximum absolute atomic E-state index is 9.15. The number of pyridine rings is 6. The molecule has 0 radical (unpaired) electrons. The summed E-state index contributed by atoms with van der Waals surface area (Å²) >= 11 is 0. The van der Waals surface area contributed by atoms with Gasteiger partial charge in [-0.25, -0.2) is 9.83 Å². The molecule has 0 unspecified atom stereocenters. The minimum absolute atomic E-state index is 0.402. The molecule has 124 heavy (non-hydrogen) atoms. The van der Waals surface area contributed by atoms with Crippen molar-refractivity contribution in [1.82, 2.24) is 29.9 Å². The smallest absolute Gasteiger partial charge is 0.270 e. The second-order valence-corrected chi connectivity index (χ2v) is 30.1. The monoisotopic (exact) mass is 1590 g/mol. The number of rotatable bonds is 8. The lowest BCUT2D eigenvalue weighted by Crippen LogP contribution is -1.89. The van der Waals surface area contributed by atoms with Gasteiger partial charge in [-0.15, -0.1) is 4.98 Å². The summed E-state index contributed by atoms with van der Waals surface area (Å²) < 4.78 is 24.8. The van der Waals surface area contributed by atoms with E-state index in [0.29, 0.717) is 28.3 Å². The van der Waals surface area contributed by atoms with E-state index >= 15 is 0 Å². The summed E-state index contributed by atoms with van der Waals surface area (Å²) in [6, 6.07) is 117. The van der Waals surface area contributed by atoms with Gasteiger partial charge in [0.25, 0.3) is 5.82 Å². The van der Waals surface area contributed by atoms with Crippen molar-refractivity contribution < 1.29 is 17.7 Å². The Balaban J connectivity index is 0.000000101. The highest BCUT2D eigenvalue weighted by atomic mass is 16.3. The van der Waals surface area contributed by atoms with E-state index in [1.165, 1.54) is 43.1 Å². The molecular weight excluding hydrogens is 1530 g/mol. The lowest BCUT2D eigenvalue weighted by atomic mass is 9.98. The standard InChI is InChI=1S/2C28H16N2O.2C27H15N3O/c1-29-23-14-22(16-30-17-23)20-7-4-6-19(13-20)21-9-11-25-27(15-21)31-26-12-10-18-5-2-3-8-24(18)28(25)26;1-29-27-17-22(13-14-30-27)20-7-4-6-19(15-20)21-9-11-24-26(16-21)31-25-12-10-18-5-2-3-8-23(18)28(24)25;28-14-17-12-20(16-29-15-17)24-7-3-6-23(30-24)19-8-10-22-26(13-19)31-25-11-9-18-4-1-2-5-21(18)27(22)25;28-15-17-11-12-29-24(13-17)23-9-6-20(16-30-23)19-5-8-22-26(14-19)31-25-10-7-18-3-1-2-4-21(18)27(22)25/h2*2-17H;1-13,15-16H;1-14,16H. The summed E-state index contributed by atoms with van der Waals surface area (Å²) in [6.07, 6.45) is 11.8. The van der Waals surface area contributed by atoms with Crippen molar-refractivity contribution in [3.05, 3.63) is 411 Å². The molecular formula is C110H62N10O4. The Labute approximate surface area is 708 Å². The van der Waals surface area contributed by atoms with Gasteiger partial charge in [-0.2, -0.15) is 10.5 Å². The highest BCUT2D eigenvalue weighted by molar-refractivity contribution is 6.23. The van der Waals surface area contributed by atoms with Crippen molar-refractivity contribution >= 4 is 142 Å². The number of hydrogen-bond acceptors (Lipinski definition) is 12. The molecule has 0 saturated heterocycles. The fourth-order valence-corrected chi connectivity index (χ4v) is 16.7. The number of nitrogens with zero attached hydrogens (tertiary/aromatic N) is 10. The molecule has 0 aliphatic heterocycles. The first-order valence-corrected chi connectivity index (χ1v) is 40.1. The van der Waals surface area contributed by atoms with Crippen LogP contribution in [0.25, 0.3) is 230 Å². The van der Waals surface area contributed by atoms with Gasteiger partial charge >= 0.3 is 0 Å². The fourth-order valence-electron chi connectivity index (χ4n) is 16.7. The Bertz CT molecular complexity index is 8010. The molecule has 0 bridgehead atoms. The minimum atomic E-state index is 0.402. The predicted octanol–water partition coefficient (Wildman–Crippen LogP) is 29.5. The van der Waals surface area contributed by atoms with Crippen molar-refractivity contribution in [3.63, 3.8) is 0 Å². The molecule has 0 N–H and O–H groups in total. The van der Waals surface area contributed by atoms with Crippen LogP contribution in [0.5, 0.6) is 0 Å². The van der Waals surface area contributed by atoms with Gasteiger partial charge in [-0.05, 0) is 233 Å². The Hall–Kier alpha value is -17.8. The summed E-state index contributed by atoms with van der Waals surface area (Å²) in [4.78, 5) is 33.0. The zero-order valence-electron chi connectivity index (χ0n) is 65.9. The summed E-state index contributed by atoms with van der Waals surface area (Å²) in [5, 5.41) is 36.9. The maximum atomic E-state index is 9.15. The first-order chi connectivity index (χ1) is 61.2. The van der Waals surface area contributed by atoms with Gasteiger partial charge in [0.15, 0.2) is 0 Å². The third-order valence-corrected chi connectivity index (χ3v) is 22.7. The van der Waals surface area contributed by atoms with Crippen LogP contribution in [0, 0.1) is 35.8 Å². The van der Waals surface area contributed by atoms with Crippen molar-refractivity contribution in [3.8, 4) is 102 Å². The van der Waals surface area contributed by atoms with Crippen molar-refractivity contribution in [2.45, 2.75) is 0 Å². The van der Waals surface area contributed by atoms with Gasteiger partial charge in [-0.1, -0.05) is 201 Å². The molecule has 14 nitrogen and oxygen atoms in total. The van der Waals surface area contributed by atoms with Gasteiger partial charge in [0.2, 0.25) is 5.69 Å². The van der Waals surface area contributed by atoms with Crippen LogP contribution in [0.3, 0.4) is 0 Å². The predicted molar refractivity (Wildman–Crippen MR) is 497 cm³/mol. The molecule has 0 spiro atoms. The molecule has 10 aromatic heterocycles. The van der Waals surface area contributed by atoms with Crippen LogP contribution in [-0.4, -0.2) is 29.9 Å². The molecule has 576 valence electrons. The molecule has 0 aliphatic carbocycles. The van der Waals surface area contributed by atoms with Crippen LogP contribution in [-0.2, 0) is 0 Å². The van der Waals surface area contributed by atoms with Crippen LogP contribution in [0.1, 0.15) is 11.1 Å². The quantitative estimate of drug-likeness (QED) is 0.131. The number of aromatic nitrogens is 6. The van der Waals surface area contributed by atoms with E-state index in [2.05, 4.69) is 277 Å². The molecule has 14 aromatic carbocycles. The molecule has 24 rings (SSSR count). The van der Waals surface area contributed by atoms with Crippen molar-refractivity contribution in [2.24, 2.45) is 0 Å². The maximum Gasteiger partial charge on any atom is 0.270 e. The van der Waals surface area contributed by atoms with E-state index in [4.69, 9.17) is 46.3 Å². The van der Waals surface area contributed by atoms with E-state index in [0.717, 1.165) is 172 Å². The normalized spacial score (nSPS) is 11.2. The van der Waals surface area contributed by atoms with Gasteiger partial charge in [0.1, 0.15) is 56.9 Å². The third-order valence-electron chi connectivity index (χ3n) is 22.7. The molecule has 10 heterocycles. The Kier molecular flexibility index (Phi) is 18.8. The van der Waals surface area contributed by atoms with Crippen molar-refractivity contribution in [1.29, 1.82) is 10.5 Å². The third kappa shape index (κ3) is 13.9. The van der Waals surface area contributed by atoms with Crippen LogP contribution >= 0.6 is 0 Å². The highest BCUT2D eigenvalue weighted by Gasteiger charge is 2.19. The molecule has 0 fully saturated rings. The van der Waals surface area contributed by atoms with E-state index in [1.807, 2.05) is 91.1 Å². The van der Waals surface area contributed by atoms with E-state index in [1.54, 1.807) is 55.4 Å². The lowest BCUT2D eigenvalue weighted by molar-refractivity contribution is 0.669. The van der Waals surface area contributed by atoms with Gasteiger partial charge < -0.3 is 22.5 Å². The molecule has 0 aliphatic rings. The highest BCUT2D eigenvalue weighted by Crippen LogP contribution is 2.43. The summed E-state index contributed by atoms with van der Waals surface area (Å²) in [7, 11) is 0. The van der Waals surface area contributed by atoms with Gasteiger partial charge in [-0.3, -0.25) is 19.9 Å². The summed E-state index contributed by atoms with van der Waals surface area (Å²) in [5.41, 5.74) is 23.9. The lowest BCUT2D eigenvalue weighted by Gasteiger charge is -2.06. The topological polar surface area (TPSA) is 186 Å². The van der Waals surface area contributed by atoms with Crippen LogP contribution in [0.2, 0.25) is 0 Å². The zero-order chi connectivity index (χ0) is 83.1. The Morgan fingerprint density at radius 2 is 0.653 bits per heavy atom. The number of fused-ring (bicyclic) bond motifs is 20. The molecule has 0 atom stereocenters. The molecule has 24 aromatic rings. The number of benzene rings is 14. The van der Waals surface area contributed by atoms with Crippen LogP contribution < -0.4 is 0 Å². The number of furan rings is 4. The van der Waals surface area contributed by atoms with Crippen LogP contribution in [0.4, 0.5) is 11.5 Å². The summed E-state index contributed by atoms with van der Waals surface area (Å²) in [5.74, 6) is 0.402. The largest absolute Gasteiger partial charge is 0.456 e. The molecule has 14 heteroatoms. The SMILES string of the molecule is N#Cc1ccnc(-c2ccc(-c3ccc4c(c3)oc3ccc5ccccc5c34)cn2)c1.N#Cc1cncc(-c2cccc(-c3ccc4c(c3)oc3ccc5ccccc5c34)n2)c1.[C-]#[N+]c1cc(-c2cccc(-c3ccc4c(c3)oc3ccc5ccccc5c34)c2)ccn1.[C-]#[N+]c1cncc(-c2cccc(-c3ccc4c(c3)oc3ccc5ccccc5c34)c2)c1. The first-order valence-electron chi connectivity index (χ1n) is 40.1. The molecule has 0 saturated carbocycles. The fraction of sp³-hybridized carbons (Fsp3) is 0. The van der Waals surface area contributed by atoms with E-state index in [-0.39, 0.29) is 0 Å². The van der Waals surface area contributed by atoms with Crippen LogP contribution in [0.15, 0.2) is 395 Å². The zero-order valence-corrected chi connectivity index (χ0v) is 65.9. The Morgan fingerprint density at radius 1 is 0.242 bits per heavy atom. The first kappa shape index (κ1) is 73.8. The average molecular weight is 1590 g/mol. The van der Waals surface area contributed by atoms with E-state index < -0.39 is 0 Å². The summed E-state index contributed by atoms with van der Waals surface area (Å²) in [6.45, 7) is 14.4. The van der Waals surface area contributed by atoms with E-state index in [9.17, 15) is 0 Å².